The van der Waals surface area contributed by atoms with Gasteiger partial charge in [-0.25, -0.2) is 0 Å². The van der Waals surface area contributed by atoms with E-state index in [1.165, 1.54) is 24.8 Å². The molecule has 0 atom stereocenters. The van der Waals surface area contributed by atoms with Crippen LogP contribution < -0.4 is 0 Å². The quantitative estimate of drug-likeness (QED) is 0.804. The molecule has 86 valence electrons. The molecule has 2 nitrogen and oxygen atoms in total. The molecule has 0 amide bonds. The molecule has 1 aromatic heterocycles. The van der Waals surface area contributed by atoms with E-state index in [1.807, 2.05) is 0 Å². The third-order valence-electron chi connectivity index (χ3n) is 3.47. The molecule has 0 unspecified atom stereocenters. The van der Waals surface area contributed by atoms with Gasteiger partial charge in [0, 0.05) is 18.0 Å². The molecule has 0 saturated heterocycles. The van der Waals surface area contributed by atoms with E-state index in [1.54, 1.807) is 12.4 Å². The SMILES string of the molecule is S=c1[nH]ccnc1-c1ccc(C2CCC2)cc1. The Balaban J connectivity index is 1.94. The summed E-state index contributed by atoms with van der Waals surface area (Å²) in [6.07, 6.45) is 7.55. The fourth-order valence-corrected chi connectivity index (χ4v) is 2.45. The summed E-state index contributed by atoms with van der Waals surface area (Å²) < 4.78 is 0.698. The minimum absolute atomic E-state index is 0.698. The molecular weight excluding hydrogens is 228 g/mol. The second-order valence-electron chi connectivity index (χ2n) is 4.52. The highest BCUT2D eigenvalue weighted by Gasteiger charge is 2.19. The van der Waals surface area contributed by atoms with Gasteiger partial charge in [-0.3, -0.25) is 4.98 Å². The maximum atomic E-state index is 5.23. The monoisotopic (exact) mass is 242 g/mol. The van der Waals surface area contributed by atoms with Crippen LogP contribution in [-0.4, -0.2) is 9.97 Å². The van der Waals surface area contributed by atoms with Gasteiger partial charge in [0.05, 0.1) is 0 Å². The van der Waals surface area contributed by atoms with Gasteiger partial charge in [-0.1, -0.05) is 42.9 Å². The number of nitrogens with one attached hydrogen (secondary N) is 1. The fourth-order valence-electron chi connectivity index (χ4n) is 2.21. The Morgan fingerprint density at radius 3 is 2.53 bits per heavy atom. The van der Waals surface area contributed by atoms with Crippen LogP contribution in [-0.2, 0) is 0 Å². The number of aromatic nitrogens is 2. The molecule has 1 aromatic carbocycles. The first-order chi connectivity index (χ1) is 8.34. The summed E-state index contributed by atoms with van der Waals surface area (Å²) in [5, 5.41) is 0. The Morgan fingerprint density at radius 2 is 1.94 bits per heavy atom. The van der Waals surface area contributed by atoms with Crippen LogP contribution in [0.25, 0.3) is 11.3 Å². The Bertz CT molecular complexity index is 567. The van der Waals surface area contributed by atoms with Crippen LogP contribution in [0, 0.1) is 4.64 Å². The number of rotatable bonds is 2. The lowest BCUT2D eigenvalue weighted by molar-refractivity contribution is 0.420. The minimum atomic E-state index is 0.698. The van der Waals surface area contributed by atoms with Gasteiger partial charge in [-0.15, -0.1) is 0 Å². The van der Waals surface area contributed by atoms with Crippen molar-refractivity contribution < 1.29 is 0 Å². The number of hydrogen-bond acceptors (Lipinski definition) is 2. The molecule has 1 aliphatic carbocycles. The van der Waals surface area contributed by atoms with Crippen molar-refractivity contribution in [2.24, 2.45) is 0 Å². The molecule has 0 radical (unpaired) electrons. The largest absolute Gasteiger partial charge is 0.350 e. The second kappa shape index (κ2) is 4.41. The summed E-state index contributed by atoms with van der Waals surface area (Å²) in [6, 6.07) is 8.67. The highest BCUT2D eigenvalue weighted by Crippen LogP contribution is 2.36. The molecule has 1 aliphatic rings. The van der Waals surface area contributed by atoms with Crippen LogP contribution in [0.3, 0.4) is 0 Å². The van der Waals surface area contributed by atoms with E-state index in [2.05, 4.69) is 34.2 Å². The van der Waals surface area contributed by atoms with E-state index in [0.29, 0.717) is 4.64 Å². The van der Waals surface area contributed by atoms with Crippen molar-refractivity contribution in [2.75, 3.05) is 0 Å². The number of hydrogen-bond donors (Lipinski definition) is 1. The predicted octanol–water partition coefficient (Wildman–Crippen LogP) is 4.07. The Labute approximate surface area is 106 Å². The summed E-state index contributed by atoms with van der Waals surface area (Å²) in [4.78, 5) is 7.33. The molecule has 1 saturated carbocycles. The summed E-state index contributed by atoms with van der Waals surface area (Å²) >= 11 is 5.23. The number of H-pyrrole nitrogens is 1. The molecule has 3 heteroatoms. The van der Waals surface area contributed by atoms with Crippen LogP contribution in [0.4, 0.5) is 0 Å². The van der Waals surface area contributed by atoms with Crippen LogP contribution >= 0.6 is 12.2 Å². The van der Waals surface area contributed by atoms with Crippen molar-refractivity contribution in [1.29, 1.82) is 0 Å². The van der Waals surface area contributed by atoms with Gasteiger partial charge in [-0.2, -0.15) is 0 Å². The van der Waals surface area contributed by atoms with Crippen molar-refractivity contribution in [2.45, 2.75) is 25.2 Å². The zero-order valence-electron chi connectivity index (χ0n) is 9.52. The normalized spacial score (nSPS) is 15.5. The van der Waals surface area contributed by atoms with Gasteiger partial charge in [0.2, 0.25) is 0 Å². The van der Waals surface area contributed by atoms with Crippen molar-refractivity contribution >= 4 is 12.2 Å². The third kappa shape index (κ3) is 2.03. The van der Waals surface area contributed by atoms with Gasteiger partial charge in [-0.05, 0) is 24.3 Å². The Hall–Kier alpha value is -1.48. The molecule has 2 aromatic rings. The minimum Gasteiger partial charge on any atom is -0.350 e. The summed E-state index contributed by atoms with van der Waals surface area (Å²) in [7, 11) is 0. The fraction of sp³-hybridized carbons (Fsp3) is 0.286. The molecular formula is C14H14N2S. The molecule has 3 rings (SSSR count). The lowest BCUT2D eigenvalue weighted by Crippen LogP contribution is -2.08. The van der Waals surface area contributed by atoms with E-state index in [-0.39, 0.29) is 0 Å². The molecule has 0 bridgehead atoms. The summed E-state index contributed by atoms with van der Waals surface area (Å²) in [5.41, 5.74) is 3.41. The second-order valence-corrected chi connectivity index (χ2v) is 4.92. The average Bonchev–Trinajstić information content (AvgIpc) is 2.29. The highest BCUT2D eigenvalue weighted by molar-refractivity contribution is 7.71. The van der Waals surface area contributed by atoms with Gasteiger partial charge in [0.1, 0.15) is 10.3 Å². The van der Waals surface area contributed by atoms with Crippen molar-refractivity contribution in [1.82, 2.24) is 9.97 Å². The van der Waals surface area contributed by atoms with Crippen LogP contribution in [0.5, 0.6) is 0 Å². The standard InChI is InChI=1S/C14H14N2S/c17-14-13(15-8-9-16-14)12-6-4-11(5-7-12)10-2-1-3-10/h4-10H,1-3H2,(H,16,17). The van der Waals surface area contributed by atoms with Crippen LogP contribution in [0.1, 0.15) is 30.7 Å². The first-order valence-electron chi connectivity index (χ1n) is 5.98. The first-order valence-corrected chi connectivity index (χ1v) is 6.39. The number of nitrogens with zero attached hydrogens (tertiary/aromatic N) is 1. The molecule has 1 N–H and O–H groups in total. The average molecular weight is 242 g/mol. The van der Waals surface area contributed by atoms with Crippen molar-refractivity contribution in [3.8, 4) is 11.3 Å². The highest BCUT2D eigenvalue weighted by atomic mass is 32.1. The Kier molecular flexibility index (Phi) is 2.77. The van der Waals surface area contributed by atoms with Crippen LogP contribution in [0.15, 0.2) is 36.7 Å². The van der Waals surface area contributed by atoms with E-state index >= 15 is 0 Å². The topological polar surface area (TPSA) is 28.7 Å². The molecule has 0 aliphatic heterocycles. The van der Waals surface area contributed by atoms with Gasteiger partial charge >= 0.3 is 0 Å². The van der Waals surface area contributed by atoms with E-state index in [0.717, 1.165) is 17.2 Å². The summed E-state index contributed by atoms with van der Waals surface area (Å²) in [6.45, 7) is 0. The van der Waals surface area contributed by atoms with Crippen LogP contribution in [0.2, 0.25) is 0 Å². The third-order valence-corrected chi connectivity index (χ3v) is 3.78. The van der Waals surface area contributed by atoms with Gasteiger partial charge < -0.3 is 4.98 Å². The maximum absolute atomic E-state index is 5.23. The van der Waals surface area contributed by atoms with E-state index < -0.39 is 0 Å². The molecule has 17 heavy (non-hydrogen) atoms. The van der Waals surface area contributed by atoms with E-state index in [9.17, 15) is 0 Å². The Morgan fingerprint density at radius 1 is 1.18 bits per heavy atom. The summed E-state index contributed by atoms with van der Waals surface area (Å²) in [5.74, 6) is 0.780. The number of benzene rings is 1. The number of aromatic amines is 1. The lowest BCUT2D eigenvalue weighted by atomic mass is 9.80. The predicted molar refractivity (Wildman–Crippen MR) is 71.4 cm³/mol. The van der Waals surface area contributed by atoms with Crippen molar-refractivity contribution in [3.63, 3.8) is 0 Å². The smallest absolute Gasteiger partial charge is 0.129 e. The molecule has 1 fully saturated rings. The van der Waals surface area contributed by atoms with Crippen molar-refractivity contribution in [3.05, 3.63) is 46.9 Å². The molecule has 0 spiro atoms. The van der Waals surface area contributed by atoms with Gasteiger partial charge in [0.25, 0.3) is 0 Å². The maximum Gasteiger partial charge on any atom is 0.129 e. The molecule has 1 heterocycles. The first kappa shape index (κ1) is 10.7. The zero-order chi connectivity index (χ0) is 11.7. The zero-order valence-corrected chi connectivity index (χ0v) is 10.3. The lowest BCUT2D eigenvalue weighted by Gasteiger charge is -2.25. The van der Waals surface area contributed by atoms with Gasteiger partial charge in [0.15, 0.2) is 0 Å². The van der Waals surface area contributed by atoms with E-state index in [4.69, 9.17) is 12.2 Å².